The molecule has 0 aromatic carbocycles. The zero-order valence-electron chi connectivity index (χ0n) is 10.5. The lowest BCUT2D eigenvalue weighted by atomic mass is 10.1. The molecule has 2 rings (SSSR count). The minimum absolute atomic E-state index is 0.640. The number of fused-ring (bicyclic) bond motifs is 1. The van der Waals surface area contributed by atoms with E-state index in [1.54, 1.807) is 0 Å². The topological polar surface area (TPSA) is 12.5 Å². The number of ether oxygens (including phenoxy) is 1. The maximum atomic E-state index is 5.70. The largest absolute Gasteiger partial charge is 0.370 e. The van der Waals surface area contributed by atoms with Crippen LogP contribution in [-0.4, -0.2) is 12.2 Å². The summed E-state index contributed by atoms with van der Waals surface area (Å²) in [6.07, 6.45) is 21.0. The van der Waals surface area contributed by atoms with Crippen molar-refractivity contribution < 1.29 is 4.74 Å². The lowest BCUT2D eigenvalue weighted by molar-refractivity contribution is 0.348. The quantitative estimate of drug-likeness (QED) is 0.430. The third-order valence-electron chi connectivity index (χ3n) is 3.82. The molecule has 0 spiro atoms. The molecule has 0 aromatic heterocycles. The van der Waals surface area contributed by atoms with Crippen LogP contribution in [0.3, 0.4) is 0 Å². The van der Waals surface area contributed by atoms with Gasteiger partial charge in [-0.15, -0.1) is 0 Å². The molecular formula is C15H26O. The molecule has 1 heterocycles. The van der Waals surface area contributed by atoms with Crippen molar-refractivity contribution >= 4 is 0 Å². The Morgan fingerprint density at radius 1 is 0.625 bits per heavy atom. The van der Waals surface area contributed by atoms with Crippen LogP contribution < -0.4 is 0 Å². The number of rotatable bonds is 0. The van der Waals surface area contributed by atoms with Crippen LogP contribution >= 0.6 is 0 Å². The molecule has 16 heavy (non-hydrogen) atoms. The second-order valence-electron chi connectivity index (χ2n) is 5.31. The lowest BCUT2D eigenvalue weighted by Gasteiger charge is -1.97. The van der Waals surface area contributed by atoms with Gasteiger partial charge in [0.15, 0.2) is 0 Å². The molecule has 0 bridgehead atoms. The maximum absolute atomic E-state index is 5.70. The molecule has 1 aliphatic carbocycles. The monoisotopic (exact) mass is 222 g/mol. The molecule has 92 valence electrons. The Balaban J connectivity index is 1.65. The van der Waals surface area contributed by atoms with E-state index in [0.29, 0.717) is 12.2 Å². The molecule has 2 atom stereocenters. The first-order valence-electron chi connectivity index (χ1n) is 7.27. The van der Waals surface area contributed by atoms with Gasteiger partial charge in [0.05, 0.1) is 12.2 Å². The Kier molecular flexibility index (Phi) is 5.41. The molecular weight excluding hydrogens is 196 g/mol. The first-order valence-corrected chi connectivity index (χ1v) is 7.27. The average molecular weight is 222 g/mol. The van der Waals surface area contributed by atoms with Crippen LogP contribution in [0.25, 0.3) is 0 Å². The predicted octanol–water partition coefficient (Wildman–Crippen LogP) is 4.61. The van der Waals surface area contributed by atoms with Crippen molar-refractivity contribution in [2.75, 3.05) is 0 Å². The van der Waals surface area contributed by atoms with Crippen molar-refractivity contribution in [1.82, 2.24) is 0 Å². The predicted molar refractivity (Wildman–Crippen MR) is 68.6 cm³/mol. The summed E-state index contributed by atoms with van der Waals surface area (Å²) >= 11 is 0. The van der Waals surface area contributed by atoms with Gasteiger partial charge in [0.1, 0.15) is 0 Å². The van der Waals surface area contributed by atoms with Crippen LogP contribution in [0.1, 0.15) is 70.6 Å². The highest BCUT2D eigenvalue weighted by Gasteiger charge is 2.36. The van der Waals surface area contributed by atoms with E-state index in [1.165, 1.54) is 70.6 Å². The van der Waals surface area contributed by atoms with Crippen molar-refractivity contribution in [3.63, 3.8) is 0 Å². The standard InChI is InChI=1S/C15H26O/c1-2-4-6-8-10-12-14-15(16-14)13-11-9-7-5-3-1/h1-2,14-15H,3-13H2/b2-1+. The summed E-state index contributed by atoms with van der Waals surface area (Å²) in [4.78, 5) is 0. The molecule has 0 aromatic rings. The van der Waals surface area contributed by atoms with Gasteiger partial charge >= 0.3 is 0 Å². The fourth-order valence-corrected chi connectivity index (χ4v) is 2.67. The van der Waals surface area contributed by atoms with Crippen molar-refractivity contribution in [1.29, 1.82) is 0 Å². The van der Waals surface area contributed by atoms with Crippen LogP contribution in [0, 0.1) is 0 Å². The Bertz CT molecular complexity index is 209. The van der Waals surface area contributed by atoms with Crippen molar-refractivity contribution in [2.45, 2.75) is 82.8 Å². The second kappa shape index (κ2) is 7.11. The zero-order chi connectivity index (χ0) is 11.1. The Hall–Kier alpha value is -0.300. The van der Waals surface area contributed by atoms with E-state index in [9.17, 15) is 0 Å². The van der Waals surface area contributed by atoms with Gasteiger partial charge in [0.2, 0.25) is 0 Å². The Morgan fingerprint density at radius 3 is 1.75 bits per heavy atom. The van der Waals surface area contributed by atoms with Gasteiger partial charge in [-0.3, -0.25) is 0 Å². The zero-order valence-corrected chi connectivity index (χ0v) is 10.5. The number of hydrogen-bond donors (Lipinski definition) is 0. The third-order valence-corrected chi connectivity index (χ3v) is 3.82. The summed E-state index contributed by atoms with van der Waals surface area (Å²) in [6.45, 7) is 0. The van der Waals surface area contributed by atoms with Gasteiger partial charge in [0, 0.05) is 0 Å². The molecule has 1 nitrogen and oxygen atoms in total. The van der Waals surface area contributed by atoms with Gasteiger partial charge in [0.25, 0.3) is 0 Å². The highest BCUT2D eigenvalue weighted by molar-refractivity contribution is 4.85. The normalized spacial score (nSPS) is 35.5. The fourth-order valence-electron chi connectivity index (χ4n) is 2.67. The van der Waals surface area contributed by atoms with E-state index >= 15 is 0 Å². The third kappa shape index (κ3) is 4.69. The van der Waals surface area contributed by atoms with Crippen LogP contribution in [0.15, 0.2) is 12.2 Å². The molecule has 0 saturated carbocycles. The first kappa shape index (κ1) is 12.2. The highest BCUT2D eigenvalue weighted by Crippen LogP contribution is 2.31. The van der Waals surface area contributed by atoms with Crippen LogP contribution in [0.2, 0.25) is 0 Å². The summed E-state index contributed by atoms with van der Waals surface area (Å²) < 4.78 is 5.70. The minimum atomic E-state index is 0.640. The van der Waals surface area contributed by atoms with Crippen molar-refractivity contribution in [3.8, 4) is 0 Å². The summed E-state index contributed by atoms with van der Waals surface area (Å²) in [6, 6.07) is 0. The van der Waals surface area contributed by atoms with Gasteiger partial charge in [-0.25, -0.2) is 0 Å². The minimum Gasteiger partial charge on any atom is -0.370 e. The molecule has 0 radical (unpaired) electrons. The first-order chi connectivity index (χ1) is 7.97. The second-order valence-corrected chi connectivity index (χ2v) is 5.31. The SMILES string of the molecule is C1=C/CCCCCC2OC2CCCCCC/1. The van der Waals surface area contributed by atoms with Crippen LogP contribution in [-0.2, 0) is 4.74 Å². The van der Waals surface area contributed by atoms with Gasteiger partial charge in [-0.2, -0.15) is 0 Å². The maximum Gasteiger partial charge on any atom is 0.0841 e. The van der Waals surface area contributed by atoms with E-state index in [2.05, 4.69) is 12.2 Å². The fraction of sp³-hybridized carbons (Fsp3) is 0.867. The van der Waals surface area contributed by atoms with Gasteiger partial charge in [-0.1, -0.05) is 44.3 Å². The summed E-state index contributed by atoms with van der Waals surface area (Å²) in [5.41, 5.74) is 0. The van der Waals surface area contributed by atoms with Crippen molar-refractivity contribution in [3.05, 3.63) is 12.2 Å². The van der Waals surface area contributed by atoms with Crippen molar-refractivity contribution in [2.24, 2.45) is 0 Å². The van der Waals surface area contributed by atoms with Crippen LogP contribution in [0.5, 0.6) is 0 Å². The highest BCUT2D eigenvalue weighted by atomic mass is 16.6. The molecule has 0 N–H and O–H groups in total. The number of epoxide rings is 1. The summed E-state index contributed by atoms with van der Waals surface area (Å²) in [5, 5.41) is 0. The molecule has 1 saturated heterocycles. The van der Waals surface area contributed by atoms with Crippen LogP contribution in [0.4, 0.5) is 0 Å². The number of allylic oxidation sites excluding steroid dienone is 2. The lowest BCUT2D eigenvalue weighted by Crippen LogP contribution is -1.94. The number of hydrogen-bond acceptors (Lipinski definition) is 1. The van der Waals surface area contributed by atoms with E-state index in [0.717, 1.165) is 0 Å². The molecule has 2 aliphatic rings. The van der Waals surface area contributed by atoms with Gasteiger partial charge < -0.3 is 4.74 Å². The Morgan fingerprint density at radius 2 is 1.12 bits per heavy atom. The van der Waals surface area contributed by atoms with E-state index in [-0.39, 0.29) is 0 Å². The van der Waals surface area contributed by atoms with E-state index in [4.69, 9.17) is 4.74 Å². The molecule has 2 unspecified atom stereocenters. The average Bonchev–Trinajstić information content (AvgIpc) is 3.02. The summed E-state index contributed by atoms with van der Waals surface area (Å²) in [7, 11) is 0. The Labute approximate surface area is 100 Å². The van der Waals surface area contributed by atoms with Gasteiger partial charge in [-0.05, 0) is 38.5 Å². The molecule has 0 amide bonds. The van der Waals surface area contributed by atoms with E-state index < -0.39 is 0 Å². The summed E-state index contributed by atoms with van der Waals surface area (Å²) in [5.74, 6) is 0. The van der Waals surface area contributed by atoms with E-state index in [1.807, 2.05) is 0 Å². The molecule has 1 aliphatic heterocycles. The molecule has 1 fully saturated rings. The smallest absolute Gasteiger partial charge is 0.0841 e. The molecule has 1 heteroatoms.